The number of aromatic nitrogens is 2. The summed E-state index contributed by atoms with van der Waals surface area (Å²) in [7, 11) is 0. The third kappa shape index (κ3) is 5.53. The van der Waals surface area contributed by atoms with Crippen molar-refractivity contribution in [2.75, 3.05) is 13.1 Å². The van der Waals surface area contributed by atoms with Gasteiger partial charge in [0, 0.05) is 53.1 Å². The van der Waals surface area contributed by atoms with Crippen LogP contribution in [-0.2, 0) is 22.4 Å². The second-order valence-corrected chi connectivity index (χ2v) is 10.8. The second kappa shape index (κ2) is 10.6. The molecular weight excluding hydrogens is 592 g/mol. The Morgan fingerprint density at radius 1 is 1.18 bits per heavy atom. The molecule has 2 aromatic heterocycles. The van der Waals surface area contributed by atoms with Gasteiger partial charge in [0.1, 0.15) is 18.1 Å². The van der Waals surface area contributed by atoms with Crippen LogP contribution in [0.15, 0.2) is 56.3 Å². The van der Waals surface area contributed by atoms with Crippen molar-refractivity contribution in [2.45, 2.75) is 44.0 Å². The van der Waals surface area contributed by atoms with Crippen molar-refractivity contribution in [3.63, 3.8) is 0 Å². The molecule has 2 aliphatic rings. The molecule has 38 heavy (non-hydrogen) atoms. The van der Waals surface area contributed by atoms with Crippen molar-refractivity contribution in [1.82, 2.24) is 14.5 Å². The third-order valence-electron chi connectivity index (χ3n) is 6.62. The minimum Gasteiger partial charge on any atom is -0.387 e. The Hall–Kier alpha value is -3.06. The van der Waals surface area contributed by atoms with Crippen molar-refractivity contribution >= 4 is 38.9 Å². The molecule has 0 aliphatic carbocycles. The van der Waals surface area contributed by atoms with Gasteiger partial charge >= 0.3 is 6.18 Å². The SMILES string of the molecule is O=C(Cn1cc(C(F)(F)F)ccc1=O)N1CCC(c2nc(C3=NOC(c4c(F)cccc4Br)C3)cs2)CC1. The Labute approximate surface area is 226 Å². The number of benzene rings is 1. The maximum Gasteiger partial charge on any atom is 0.417 e. The zero-order valence-corrected chi connectivity index (χ0v) is 22.2. The number of rotatable bonds is 5. The Morgan fingerprint density at radius 2 is 1.95 bits per heavy atom. The van der Waals surface area contributed by atoms with Crippen LogP contribution in [0.1, 0.15) is 53.1 Å². The van der Waals surface area contributed by atoms with E-state index in [9.17, 15) is 27.2 Å². The van der Waals surface area contributed by atoms with E-state index < -0.39 is 35.9 Å². The topological polar surface area (TPSA) is 76.8 Å². The average molecular weight is 613 g/mol. The summed E-state index contributed by atoms with van der Waals surface area (Å²) in [6.45, 7) is 0.354. The van der Waals surface area contributed by atoms with Crippen LogP contribution in [0.4, 0.5) is 17.6 Å². The van der Waals surface area contributed by atoms with Gasteiger partial charge in [-0.15, -0.1) is 11.3 Å². The molecule has 5 rings (SSSR count). The lowest BCUT2D eigenvalue weighted by Gasteiger charge is -2.31. The quantitative estimate of drug-likeness (QED) is 0.357. The first-order chi connectivity index (χ1) is 18.1. The maximum atomic E-state index is 14.3. The summed E-state index contributed by atoms with van der Waals surface area (Å²) >= 11 is 4.84. The standard InChI is InChI=1S/C25H21BrF4N4O3S/c26-16-2-1-3-17(27)23(16)20-10-18(32-37-20)19-13-38-24(31-19)14-6-8-33(9-7-14)22(36)12-34-11-15(25(28,29)30)4-5-21(34)35/h1-5,11,13-14,20H,6-10,12H2. The van der Waals surface area contributed by atoms with E-state index in [1.165, 1.54) is 17.4 Å². The maximum absolute atomic E-state index is 14.3. The number of halogens is 5. The molecule has 2 aliphatic heterocycles. The van der Waals surface area contributed by atoms with Gasteiger partial charge in [-0.2, -0.15) is 13.2 Å². The molecule has 0 radical (unpaired) electrons. The lowest BCUT2D eigenvalue weighted by molar-refractivity contribution is -0.139. The smallest absolute Gasteiger partial charge is 0.387 e. The predicted molar refractivity (Wildman–Crippen MR) is 135 cm³/mol. The highest BCUT2D eigenvalue weighted by molar-refractivity contribution is 9.10. The van der Waals surface area contributed by atoms with E-state index in [2.05, 4.69) is 21.1 Å². The van der Waals surface area contributed by atoms with E-state index in [4.69, 9.17) is 9.82 Å². The average Bonchev–Trinajstić information content (AvgIpc) is 3.55. The third-order valence-corrected chi connectivity index (χ3v) is 8.32. The van der Waals surface area contributed by atoms with E-state index >= 15 is 0 Å². The molecule has 1 amide bonds. The van der Waals surface area contributed by atoms with Crippen LogP contribution in [0.5, 0.6) is 0 Å². The number of oxime groups is 1. The molecule has 0 spiro atoms. The number of hydrogen-bond donors (Lipinski definition) is 0. The predicted octanol–water partition coefficient (Wildman–Crippen LogP) is 5.50. The van der Waals surface area contributed by atoms with Gasteiger partial charge in [0.15, 0.2) is 6.10 Å². The van der Waals surface area contributed by atoms with E-state index in [1.807, 2.05) is 5.38 Å². The number of nitrogens with zero attached hydrogens (tertiary/aromatic N) is 4. The van der Waals surface area contributed by atoms with Crippen molar-refractivity contribution in [3.8, 4) is 0 Å². The zero-order chi connectivity index (χ0) is 27.0. The summed E-state index contributed by atoms with van der Waals surface area (Å²) in [5, 5.41) is 6.90. The molecule has 1 atom stereocenters. The molecule has 0 N–H and O–H groups in total. The minimum atomic E-state index is -4.60. The van der Waals surface area contributed by atoms with Crippen LogP contribution in [0, 0.1) is 5.82 Å². The summed E-state index contributed by atoms with van der Waals surface area (Å²) in [4.78, 5) is 36.5. The van der Waals surface area contributed by atoms with Gasteiger partial charge < -0.3 is 14.3 Å². The fourth-order valence-electron chi connectivity index (χ4n) is 4.55. The molecule has 1 fully saturated rings. The van der Waals surface area contributed by atoms with Gasteiger partial charge in [-0.05, 0) is 31.0 Å². The summed E-state index contributed by atoms with van der Waals surface area (Å²) in [5.74, 6) is -0.681. The first-order valence-corrected chi connectivity index (χ1v) is 13.5. The van der Waals surface area contributed by atoms with E-state index in [0.717, 1.165) is 15.6 Å². The Balaban J connectivity index is 1.18. The molecule has 3 aromatic rings. The molecular formula is C25H21BrF4N4O3S. The first kappa shape index (κ1) is 26.5. The summed E-state index contributed by atoms with van der Waals surface area (Å²) in [5.41, 5.74) is 0.0635. The highest BCUT2D eigenvalue weighted by Crippen LogP contribution is 2.37. The van der Waals surface area contributed by atoms with Crippen molar-refractivity contribution in [2.24, 2.45) is 5.16 Å². The molecule has 200 valence electrons. The molecule has 0 bridgehead atoms. The number of amides is 1. The number of pyridine rings is 1. The van der Waals surface area contributed by atoms with Gasteiger partial charge in [-0.3, -0.25) is 9.59 Å². The summed E-state index contributed by atoms with van der Waals surface area (Å²) < 4.78 is 54.6. The largest absolute Gasteiger partial charge is 0.417 e. The van der Waals surface area contributed by atoms with Crippen LogP contribution in [0.25, 0.3) is 0 Å². The Morgan fingerprint density at radius 3 is 2.66 bits per heavy atom. The highest BCUT2D eigenvalue weighted by atomic mass is 79.9. The zero-order valence-electron chi connectivity index (χ0n) is 19.8. The van der Waals surface area contributed by atoms with Gasteiger partial charge in [0.05, 0.1) is 16.3 Å². The Bertz CT molecular complexity index is 1430. The molecule has 1 aromatic carbocycles. The lowest BCUT2D eigenvalue weighted by Crippen LogP contribution is -2.41. The summed E-state index contributed by atoms with van der Waals surface area (Å²) in [6.07, 6.45) is -2.84. The van der Waals surface area contributed by atoms with Crippen LogP contribution in [0.2, 0.25) is 0 Å². The van der Waals surface area contributed by atoms with Gasteiger partial charge in [-0.1, -0.05) is 27.2 Å². The first-order valence-electron chi connectivity index (χ1n) is 11.8. The highest BCUT2D eigenvalue weighted by Gasteiger charge is 2.33. The van der Waals surface area contributed by atoms with E-state index in [1.54, 1.807) is 17.0 Å². The number of alkyl halides is 3. The fraction of sp³-hybridized carbons (Fsp3) is 0.360. The van der Waals surface area contributed by atoms with Crippen LogP contribution < -0.4 is 5.56 Å². The number of hydrogen-bond acceptors (Lipinski definition) is 6. The molecule has 13 heteroatoms. The number of thiazole rings is 1. The molecule has 1 unspecified atom stereocenters. The molecule has 7 nitrogen and oxygen atoms in total. The van der Waals surface area contributed by atoms with Gasteiger partial charge in [-0.25, -0.2) is 9.37 Å². The number of carbonyl (C=O) groups is 1. The fourth-order valence-corrected chi connectivity index (χ4v) is 6.15. The summed E-state index contributed by atoms with van der Waals surface area (Å²) in [6, 6.07) is 6.25. The van der Waals surface area contributed by atoms with Crippen LogP contribution in [-0.4, -0.2) is 39.2 Å². The number of carbonyl (C=O) groups excluding carboxylic acids is 1. The van der Waals surface area contributed by atoms with E-state index in [-0.39, 0.29) is 11.7 Å². The van der Waals surface area contributed by atoms with E-state index in [0.29, 0.717) is 66.1 Å². The van der Waals surface area contributed by atoms with Crippen molar-refractivity contribution in [3.05, 3.63) is 84.4 Å². The van der Waals surface area contributed by atoms with Crippen molar-refractivity contribution < 1.29 is 27.2 Å². The van der Waals surface area contributed by atoms with Crippen LogP contribution in [0.3, 0.4) is 0 Å². The Kier molecular flexibility index (Phi) is 7.40. The van der Waals surface area contributed by atoms with Crippen molar-refractivity contribution in [1.29, 1.82) is 0 Å². The normalized spacial score (nSPS) is 18.4. The molecule has 4 heterocycles. The minimum absolute atomic E-state index is 0.105. The second-order valence-electron chi connectivity index (χ2n) is 9.08. The van der Waals surface area contributed by atoms with Crippen LogP contribution >= 0.6 is 27.3 Å². The monoisotopic (exact) mass is 612 g/mol. The molecule has 1 saturated heterocycles. The van der Waals surface area contributed by atoms with Gasteiger partial charge in [0.2, 0.25) is 5.91 Å². The lowest BCUT2D eigenvalue weighted by atomic mass is 9.97. The molecule has 0 saturated carbocycles. The van der Waals surface area contributed by atoms with Gasteiger partial charge in [0.25, 0.3) is 5.56 Å². The number of likely N-dealkylation sites (tertiary alicyclic amines) is 1. The number of piperidine rings is 1.